The molecule has 0 aromatic heterocycles. The summed E-state index contributed by atoms with van der Waals surface area (Å²) in [4.78, 5) is 0. The molecule has 0 heteroatoms. The summed E-state index contributed by atoms with van der Waals surface area (Å²) in [6.45, 7) is 9.60. The van der Waals surface area contributed by atoms with Gasteiger partial charge < -0.3 is 0 Å². The first-order valence-corrected chi connectivity index (χ1v) is 5.54. The lowest BCUT2D eigenvalue weighted by Crippen LogP contribution is -2.19. The molecule has 1 fully saturated rings. The van der Waals surface area contributed by atoms with E-state index in [1.807, 2.05) is 0 Å². The molecule has 1 aliphatic carbocycles. The maximum Gasteiger partial charge on any atom is -0.0300 e. The van der Waals surface area contributed by atoms with Crippen molar-refractivity contribution in [2.24, 2.45) is 17.3 Å². The molecule has 0 radical (unpaired) electrons. The zero-order chi connectivity index (χ0) is 9.19. The van der Waals surface area contributed by atoms with Crippen LogP contribution >= 0.6 is 0 Å². The molecule has 1 saturated carbocycles. The molecule has 0 spiro atoms. The topological polar surface area (TPSA) is 0 Å². The number of hydrogen-bond donors (Lipinski definition) is 0. The molecule has 0 bridgehead atoms. The molecule has 72 valence electrons. The second-order valence-corrected chi connectivity index (χ2v) is 5.38. The van der Waals surface area contributed by atoms with Gasteiger partial charge in [-0.05, 0) is 30.1 Å². The van der Waals surface area contributed by atoms with Gasteiger partial charge in [-0.3, -0.25) is 0 Å². The largest absolute Gasteiger partial charge is 0.0628 e. The van der Waals surface area contributed by atoms with E-state index in [2.05, 4.69) is 27.7 Å². The van der Waals surface area contributed by atoms with Crippen LogP contribution in [-0.4, -0.2) is 0 Å². The van der Waals surface area contributed by atoms with Gasteiger partial charge in [-0.1, -0.05) is 47.0 Å². The third-order valence-electron chi connectivity index (χ3n) is 3.87. The average Bonchev–Trinajstić information content (AvgIpc) is 2.30. The van der Waals surface area contributed by atoms with Crippen LogP contribution < -0.4 is 0 Å². The van der Waals surface area contributed by atoms with E-state index in [-0.39, 0.29) is 0 Å². The van der Waals surface area contributed by atoms with Crippen LogP contribution in [0.25, 0.3) is 0 Å². The lowest BCUT2D eigenvalue weighted by Gasteiger charge is -2.30. The van der Waals surface area contributed by atoms with E-state index >= 15 is 0 Å². The maximum absolute atomic E-state index is 2.49. The van der Waals surface area contributed by atoms with E-state index < -0.39 is 0 Å². The lowest BCUT2D eigenvalue weighted by atomic mass is 9.76. The SMILES string of the molecule is CC(C)CC[C@@]1(C)CCC[C@@H]1C. The third kappa shape index (κ3) is 2.24. The Hall–Kier alpha value is 0. The minimum Gasteiger partial charge on any atom is -0.0628 e. The van der Waals surface area contributed by atoms with Gasteiger partial charge in [0.15, 0.2) is 0 Å². The van der Waals surface area contributed by atoms with Crippen molar-refractivity contribution in [3.63, 3.8) is 0 Å². The van der Waals surface area contributed by atoms with E-state index in [1.165, 1.54) is 32.1 Å². The van der Waals surface area contributed by atoms with Crippen molar-refractivity contribution in [3.8, 4) is 0 Å². The Morgan fingerprint density at radius 1 is 1.42 bits per heavy atom. The highest BCUT2D eigenvalue weighted by Gasteiger charge is 2.34. The highest BCUT2D eigenvalue weighted by atomic mass is 14.4. The minimum atomic E-state index is 0.685. The predicted molar refractivity (Wildman–Crippen MR) is 55.2 cm³/mol. The van der Waals surface area contributed by atoms with E-state index in [4.69, 9.17) is 0 Å². The van der Waals surface area contributed by atoms with Crippen molar-refractivity contribution >= 4 is 0 Å². The normalized spacial score (nSPS) is 36.2. The molecule has 0 unspecified atom stereocenters. The van der Waals surface area contributed by atoms with E-state index in [9.17, 15) is 0 Å². The van der Waals surface area contributed by atoms with Gasteiger partial charge in [0.2, 0.25) is 0 Å². The molecule has 0 aliphatic heterocycles. The molecular formula is C12H24. The van der Waals surface area contributed by atoms with Crippen molar-refractivity contribution in [2.75, 3.05) is 0 Å². The van der Waals surface area contributed by atoms with Gasteiger partial charge in [0.1, 0.15) is 0 Å². The second kappa shape index (κ2) is 3.81. The van der Waals surface area contributed by atoms with Crippen molar-refractivity contribution in [1.82, 2.24) is 0 Å². The highest BCUT2D eigenvalue weighted by Crippen LogP contribution is 2.46. The Bertz CT molecular complexity index is 137. The van der Waals surface area contributed by atoms with Gasteiger partial charge in [-0.15, -0.1) is 0 Å². The van der Waals surface area contributed by atoms with Crippen LogP contribution in [0.1, 0.15) is 59.8 Å². The molecule has 1 rings (SSSR count). The predicted octanol–water partition coefficient (Wildman–Crippen LogP) is 4.25. The van der Waals surface area contributed by atoms with Gasteiger partial charge in [-0.25, -0.2) is 0 Å². The fourth-order valence-electron chi connectivity index (χ4n) is 2.40. The van der Waals surface area contributed by atoms with Crippen LogP contribution in [0.5, 0.6) is 0 Å². The van der Waals surface area contributed by atoms with E-state index in [0.29, 0.717) is 5.41 Å². The van der Waals surface area contributed by atoms with E-state index in [0.717, 1.165) is 11.8 Å². The Kier molecular flexibility index (Phi) is 3.20. The molecule has 0 N–H and O–H groups in total. The summed E-state index contributed by atoms with van der Waals surface area (Å²) in [7, 11) is 0. The Labute approximate surface area is 77.7 Å². The van der Waals surface area contributed by atoms with Crippen LogP contribution in [-0.2, 0) is 0 Å². The first-order valence-electron chi connectivity index (χ1n) is 5.54. The zero-order valence-corrected chi connectivity index (χ0v) is 9.19. The smallest absolute Gasteiger partial charge is 0.0300 e. The average molecular weight is 168 g/mol. The van der Waals surface area contributed by atoms with Crippen molar-refractivity contribution in [3.05, 3.63) is 0 Å². The fourth-order valence-corrected chi connectivity index (χ4v) is 2.40. The zero-order valence-electron chi connectivity index (χ0n) is 9.19. The molecule has 1 aliphatic rings. The van der Waals surface area contributed by atoms with Gasteiger partial charge in [0.05, 0.1) is 0 Å². The van der Waals surface area contributed by atoms with Crippen LogP contribution in [0.15, 0.2) is 0 Å². The standard InChI is InChI=1S/C12H24/c1-10(2)7-9-12(4)8-5-6-11(12)3/h10-11H,5-9H2,1-4H3/t11-,12+/m0/s1. The summed E-state index contributed by atoms with van der Waals surface area (Å²) in [5, 5.41) is 0. The minimum absolute atomic E-state index is 0.685. The Morgan fingerprint density at radius 3 is 2.50 bits per heavy atom. The Balaban J connectivity index is 2.37. The molecule has 0 nitrogen and oxygen atoms in total. The fraction of sp³-hybridized carbons (Fsp3) is 1.00. The Morgan fingerprint density at radius 2 is 2.08 bits per heavy atom. The molecular weight excluding hydrogens is 144 g/mol. The van der Waals surface area contributed by atoms with Gasteiger partial charge in [0.25, 0.3) is 0 Å². The van der Waals surface area contributed by atoms with Crippen LogP contribution in [0.4, 0.5) is 0 Å². The summed E-state index contributed by atoms with van der Waals surface area (Å²) >= 11 is 0. The highest BCUT2D eigenvalue weighted by molar-refractivity contribution is 4.85. The van der Waals surface area contributed by atoms with Crippen LogP contribution in [0, 0.1) is 17.3 Å². The summed E-state index contributed by atoms with van der Waals surface area (Å²) < 4.78 is 0. The third-order valence-corrected chi connectivity index (χ3v) is 3.87. The molecule has 2 atom stereocenters. The molecule has 0 aromatic carbocycles. The first-order chi connectivity index (χ1) is 5.54. The van der Waals surface area contributed by atoms with Gasteiger partial charge in [0, 0.05) is 0 Å². The molecule has 0 heterocycles. The van der Waals surface area contributed by atoms with Gasteiger partial charge >= 0.3 is 0 Å². The van der Waals surface area contributed by atoms with E-state index in [1.54, 1.807) is 0 Å². The van der Waals surface area contributed by atoms with Crippen molar-refractivity contribution in [2.45, 2.75) is 59.8 Å². The van der Waals surface area contributed by atoms with Crippen molar-refractivity contribution < 1.29 is 0 Å². The monoisotopic (exact) mass is 168 g/mol. The summed E-state index contributed by atoms with van der Waals surface area (Å²) in [6.07, 6.45) is 7.28. The lowest BCUT2D eigenvalue weighted by molar-refractivity contribution is 0.209. The molecule has 0 aromatic rings. The summed E-state index contributed by atoms with van der Waals surface area (Å²) in [5.74, 6) is 1.85. The molecule has 0 amide bonds. The summed E-state index contributed by atoms with van der Waals surface area (Å²) in [5.41, 5.74) is 0.685. The quantitative estimate of drug-likeness (QED) is 0.591. The van der Waals surface area contributed by atoms with Crippen molar-refractivity contribution in [1.29, 1.82) is 0 Å². The summed E-state index contributed by atoms with van der Waals surface area (Å²) in [6, 6.07) is 0. The molecule has 0 saturated heterocycles. The number of hydrogen-bond acceptors (Lipinski definition) is 0. The molecule has 12 heavy (non-hydrogen) atoms. The number of rotatable bonds is 3. The second-order valence-electron chi connectivity index (χ2n) is 5.38. The van der Waals surface area contributed by atoms with Crippen LogP contribution in [0.3, 0.4) is 0 Å². The maximum atomic E-state index is 2.49. The first kappa shape index (κ1) is 10.1. The van der Waals surface area contributed by atoms with Crippen LogP contribution in [0.2, 0.25) is 0 Å². The van der Waals surface area contributed by atoms with Gasteiger partial charge in [-0.2, -0.15) is 0 Å².